The Morgan fingerprint density at radius 2 is 2.40 bits per heavy atom. The molecule has 0 aliphatic heterocycles. The zero-order valence-electron chi connectivity index (χ0n) is 5.27. The molecule has 0 unspecified atom stereocenters. The van der Waals surface area contributed by atoms with Crippen molar-refractivity contribution in [3.05, 3.63) is 21.0 Å². The van der Waals surface area contributed by atoms with Crippen molar-refractivity contribution in [3.8, 4) is 5.75 Å². The molecule has 0 saturated carbocycles. The molecule has 1 heterocycles. The lowest BCUT2D eigenvalue weighted by atomic mass is 10.5. The summed E-state index contributed by atoms with van der Waals surface area (Å²) in [6.45, 7) is 0. The minimum atomic E-state index is 0.599. The number of aromatic nitrogens is 1. The van der Waals surface area contributed by atoms with Crippen LogP contribution in [0.15, 0.2) is 12.3 Å². The van der Waals surface area contributed by atoms with E-state index in [0.29, 0.717) is 10.8 Å². The van der Waals surface area contributed by atoms with Gasteiger partial charge in [0.05, 0.1) is 12.1 Å². The highest BCUT2D eigenvalue weighted by molar-refractivity contribution is 14.1. The highest BCUT2D eigenvalue weighted by atomic mass is 127. The lowest BCUT2D eigenvalue weighted by molar-refractivity contribution is 0.409. The van der Waals surface area contributed by atoms with Gasteiger partial charge in [-0.1, -0.05) is 11.6 Å². The molecule has 0 radical (unpaired) electrons. The van der Waals surface area contributed by atoms with E-state index in [9.17, 15) is 0 Å². The summed E-state index contributed by atoms with van der Waals surface area (Å²) in [4.78, 5) is 3.99. The molecule has 0 aliphatic carbocycles. The first-order chi connectivity index (χ1) is 4.75. The second-order valence-electron chi connectivity index (χ2n) is 1.62. The molecule has 0 fully saturated rings. The van der Waals surface area contributed by atoms with Crippen molar-refractivity contribution in [2.24, 2.45) is 0 Å². The Balaban J connectivity index is 3.17. The average Bonchev–Trinajstić information content (AvgIpc) is 1.88. The molecule has 0 atom stereocenters. The van der Waals surface area contributed by atoms with Crippen LogP contribution in [0.2, 0.25) is 5.02 Å². The fraction of sp³-hybridized carbons (Fsp3) is 0.167. The summed E-state index contributed by atoms with van der Waals surface area (Å²) in [6.07, 6.45) is 1.65. The Morgan fingerprint density at radius 1 is 1.70 bits per heavy atom. The first kappa shape index (κ1) is 8.07. The molecule has 1 rings (SSSR count). The lowest BCUT2D eigenvalue weighted by Gasteiger charge is -2.02. The predicted octanol–water partition coefficient (Wildman–Crippen LogP) is 2.35. The largest absolute Gasteiger partial charge is 0.492 e. The Hall–Kier alpha value is -0.0300. The molecule has 1 aromatic rings. The molecule has 0 N–H and O–H groups in total. The van der Waals surface area contributed by atoms with Crippen LogP contribution in [0.4, 0.5) is 0 Å². The van der Waals surface area contributed by atoms with Crippen LogP contribution in [0.1, 0.15) is 0 Å². The zero-order valence-corrected chi connectivity index (χ0v) is 8.18. The topological polar surface area (TPSA) is 22.1 Å². The summed E-state index contributed by atoms with van der Waals surface area (Å²) in [7, 11) is 1.57. The molecule has 0 aromatic carbocycles. The van der Waals surface area contributed by atoms with E-state index in [1.165, 1.54) is 0 Å². The Bertz CT molecular complexity index is 221. The maximum atomic E-state index is 5.76. The first-order valence-corrected chi connectivity index (χ1v) is 4.05. The molecular weight excluding hydrogens is 264 g/mol. The van der Waals surface area contributed by atoms with Crippen LogP contribution < -0.4 is 4.74 Å². The summed E-state index contributed by atoms with van der Waals surface area (Å²) >= 11 is 7.83. The van der Waals surface area contributed by atoms with Crippen LogP contribution in [0.5, 0.6) is 5.75 Å². The second kappa shape index (κ2) is 3.39. The molecule has 0 bridgehead atoms. The lowest BCUT2D eigenvalue weighted by Crippen LogP contribution is -1.89. The molecule has 4 heteroatoms. The zero-order chi connectivity index (χ0) is 7.56. The van der Waals surface area contributed by atoms with Gasteiger partial charge >= 0.3 is 0 Å². The van der Waals surface area contributed by atoms with Gasteiger partial charge < -0.3 is 4.74 Å². The molecule has 0 spiro atoms. The highest BCUT2D eigenvalue weighted by Gasteiger charge is 2.03. The van der Waals surface area contributed by atoms with Gasteiger partial charge in [-0.05, 0) is 28.7 Å². The highest BCUT2D eigenvalue weighted by Crippen LogP contribution is 2.26. The number of hydrogen-bond donors (Lipinski definition) is 0. The van der Waals surface area contributed by atoms with E-state index in [4.69, 9.17) is 16.3 Å². The average molecular weight is 269 g/mol. The molecule has 2 nitrogen and oxygen atoms in total. The third-order valence-electron chi connectivity index (χ3n) is 1.02. The summed E-state index contributed by atoms with van der Waals surface area (Å²) in [6, 6.07) is 1.70. The molecule has 0 aliphatic rings. The van der Waals surface area contributed by atoms with Crippen LogP contribution >= 0.6 is 34.2 Å². The summed E-state index contributed by atoms with van der Waals surface area (Å²) in [5.74, 6) is 0.643. The van der Waals surface area contributed by atoms with E-state index in [0.717, 1.165) is 3.70 Å². The monoisotopic (exact) mass is 269 g/mol. The van der Waals surface area contributed by atoms with Gasteiger partial charge in [-0.15, -0.1) is 0 Å². The molecule has 54 valence electrons. The Morgan fingerprint density at radius 3 is 2.80 bits per heavy atom. The Kier molecular flexibility index (Phi) is 2.73. The third-order valence-corrected chi connectivity index (χ3v) is 2.08. The number of rotatable bonds is 1. The maximum Gasteiger partial charge on any atom is 0.169 e. The summed E-state index contributed by atoms with van der Waals surface area (Å²) < 4.78 is 5.76. The fourth-order valence-corrected chi connectivity index (χ4v) is 1.64. The molecule has 1 aromatic heterocycles. The van der Waals surface area contributed by atoms with Gasteiger partial charge in [-0.3, -0.25) is 0 Å². The van der Waals surface area contributed by atoms with Crippen molar-refractivity contribution >= 4 is 34.2 Å². The Labute approximate surface area is 77.7 Å². The second-order valence-corrected chi connectivity index (χ2v) is 3.05. The van der Waals surface area contributed by atoms with E-state index in [-0.39, 0.29) is 0 Å². The van der Waals surface area contributed by atoms with Crippen molar-refractivity contribution in [2.75, 3.05) is 7.11 Å². The van der Waals surface area contributed by atoms with Crippen molar-refractivity contribution in [1.29, 1.82) is 0 Å². The number of nitrogens with zero attached hydrogens (tertiary/aromatic N) is 1. The van der Waals surface area contributed by atoms with Crippen LogP contribution in [0.3, 0.4) is 0 Å². The van der Waals surface area contributed by atoms with E-state index in [2.05, 4.69) is 27.6 Å². The number of ether oxygens (including phenoxy) is 1. The van der Waals surface area contributed by atoms with E-state index in [1.54, 1.807) is 19.4 Å². The SMILES string of the molecule is COc1c(Cl)ccnc1I. The fourth-order valence-electron chi connectivity index (χ4n) is 0.583. The van der Waals surface area contributed by atoms with Crippen molar-refractivity contribution in [1.82, 2.24) is 4.98 Å². The van der Waals surface area contributed by atoms with E-state index < -0.39 is 0 Å². The normalized spacial score (nSPS) is 9.50. The van der Waals surface area contributed by atoms with Crippen molar-refractivity contribution in [3.63, 3.8) is 0 Å². The standard InChI is InChI=1S/C6H5ClINO/c1-10-5-4(7)2-3-9-6(5)8/h2-3H,1H3. The number of pyridine rings is 1. The maximum absolute atomic E-state index is 5.76. The molecule has 0 saturated heterocycles. The van der Waals surface area contributed by atoms with Crippen LogP contribution in [-0.4, -0.2) is 12.1 Å². The molecule has 0 amide bonds. The number of hydrogen-bond acceptors (Lipinski definition) is 2. The van der Waals surface area contributed by atoms with Crippen LogP contribution in [0.25, 0.3) is 0 Å². The molecular formula is C6H5ClINO. The summed E-state index contributed by atoms with van der Waals surface area (Å²) in [5.41, 5.74) is 0. The molecule has 10 heavy (non-hydrogen) atoms. The van der Waals surface area contributed by atoms with E-state index >= 15 is 0 Å². The van der Waals surface area contributed by atoms with Gasteiger partial charge in [0.25, 0.3) is 0 Å². The minimum Gasteiger partial charge on any atom is -0.492 e. The van der Waals surface area contributed by atoms with Crippen molar-refractivity contribution < 1.29 is 4.74 Å². The third kappa shape index (κ3) is 1.52. The number of halogens is 2. The quantitative estimate of drug-likeness (QED) is 0.577. The van der Waals surface area contributed by atoms with Crippen LogP contribution in [-0.2, 0) is 0 Å². The van der Waals surface area contributed by atoms with Gasteiger partial charge in [0.15, 0.2) is 5.75 Å². The van der Waals surface area contributed by atoms with Gasteiger partial charge in [0.1, 0.15) is 3.70 Å². The summed E-state index contributed by atoms with van der Waals surface area (Å²) in [5, 5.41) is 0.599. The number of methoxy groups -OCH3 is 1. The van der Waals surface area contributed by atoms with Gasteiger partial charge in [-0.2, -0.15) is 0 Å². The van der Waals surface area contributed by atoms with Gasteiger partial charge in [0.2, 0.25) is 0 Å². The smallest absolute Gasteiger partial charge is 0.169 e. The minimum absolute atomic E-state index is 0.599. The van der Waals surface area contributed by atoms with Crippen LogP contribution in [0, 0.1) is 3.70 Å². The van der Waals surface area contributed by atoms with E-state index in [1.807, 2.05) is 0 Å². The van der Waals surface area contributed by atoms with Crippen molar-refractivity contribution in [2.45, 2.75) is 0 Å². The van der Waals surface area contributed by atoms with Gasteiger partial charge in [0, 0.05) is 6.20 Å². The first-order valence-electron chi connectivity index (χ1n) is 2.59. The predicted molar refractivity (Wildman–Crippen MR) is 48.5 cm³/mol. The van der Waals surface area contributed by atoms with Gasteiger partial charge in [-0.25, -0.2) is 4.98 Å².